The van der Waals surface area contributed by atoms with Crippen LogP contribution in [0, 0.1) is 0 Å². The Hall–Kier alpha value is -2.76. The van der Waals surface area contributed by atoms with Crippen LogP contribution in [0.15, 0.2) is 41.2 Å². The normalized spacial score (nSPS) is 13.0. The average Bonchev–Trinajstić information content (AvgIpc) is 3.19. The van der Waals surface area contributed by atoms with Crippen LogP contribution in [0.25, 0.3) is 0 Å². The molecule has 6 nitrogen and oxygen atoms in total. The lowest BCUT2D eigenvalue weighted by Gasteiger charge is -2.21. The molecule has 0 unspecified atom stereocenters. The van der Waals surface area contributed by atoms with Gasteiger partial charge in [0.15, 0.2) is 0 Å². The van der Waals surface area contributed by atoms with Gasteiger partial charge in [0.2, 0.25) is 11.8 Å². The molecule has 0 saturated carbocycles. The van der Waals surface area contributed by atoms with E-state index in [9.17, 15) is 9.59 Å². The molecule has 2 aromatic rings. The Morgan fingerprint density at radius 3 is 2.96 bits per heavy atom. The summed E-state index contributed by atoms with van der Waals surface area (Å²) in [7, 11) is 0. The Balaban J connectivity index is 1.43. The molecule has 1 aromatic heterocycles. The van der Waals surface area contributed by atoms with Crippen LogP contribution in [-0.4, -0.2) is 36.4 Å². The number of ether oxygens (including phenoxy) is 1. The fraction of sp³-hybridized carbons (Fsp3) is 0.429. The average molecular weight is 370 g/mol. The molecule has 3 rings (SSSR count). The van der Waals surface area contributed by atoms with E-state index in [1.807, 2.05) is 36.1 Å². The third kappa shape index (κ3) is 5.12. The maximum atomic E-state index is 12.4. The molecule has 0 aliphatic carbocycles. The van der Waals surface area contributed by atoms with Crippen LogP contribution < -0.4 is 10.1 Å². The highest BCUT2D eigenvalue weighted by Crippen LogP contribution is 2.31. The van der Waals surface area contributed by atoms with Crippen LogP contribution >= 0.6 is 0 Å². The van der Waals surface area contributed by atoms with Crippen molar-refractivity contribution in [2.24, 2.45) is 0 Å². The van der Waals surface area contributed by atoms with Crippen molar-refractivity contribution in [2.45, 2.75) is 39.0 Å². The number of hydrogen-bond donors (Lipinski definition) is 1. The Labute approximate surface area is 159 Å². The number of carbonyl (C=O) groups is 2. The highest BCUT2D eigenvalue weighted by atomic mass is 16.5. The number of hydrogen-bond acceptors (Lipinski definition) is 4. The number of likely N-dealkylation sites (N-methyl/N-ethyl adjacent to an activating group) is 1. The summed E-state index contributed by atoms with van der Waals surface area (Å²) in [6.07, 6.45) is 6.46. The zero-order valence-corrected chi connectivity index (χ0v) is 15.7. The van der Waals surface area contributed by atoms with Crippen LogP contribution in [0.4, 0.5) is 5.69 Å². The second kappa shape index (κ2) is 9.26. The Bertz CT molecular complexity index is 770. The highest BCUT2D eigenvalue weighted by Gasteiger charge is 2.18. The Kier molecular flexibility index (Phi) is 6.52. The monoisotopic (exact) mass is 370 g/mol. The summed E-state index contributed by atoms with van der Waals surface area (Å²) in [5.41, 5.74) is 2.97. The van der Waals surface area contributed by atoms with Crippen LogP contribution in [0.1, 0.15) is 37.3 Å². The summed E-state index contributed by atoms with van der Waals surface area (Å²) in [5.74, 6) is 0.986. The van der Waals surface area contributed by atoms with Gasteiger partial charge in [0.05, 0.1) is 19.1 Å². The van der Waals surface area contributed by atoms with Crippen LogP contribution in [0.3, 0.4) is 0 Å². The molecule has 0 bridgehead atoms. The Morgan fingerprint density at radius 1 is 1.30 bits per heavy atom. The molecule has 0 spiro atoms. The fourth-order valence-corrected chi connectivity index (χ4v) is 3.25. The fourth-order valence-electron chi connectivity index (χ4n) is 3.25. The van der Waals surface area contributed by atoms with Gasteiger partial charge >= 0.3 is 0 Å². The molecule has 144 valence electrons. The van der Waals surface area contributed by atoms with Gasteiger partial charge in [0, 0.05) is 37.2 Å². The largest absolute Gasteiger partial charge is 0.493 e. The molecular weight excluding hydrogens is 344 g/mol. The number of carbonyl (C=O) groups excluding carboxylic acids is 2. The lowest BCUT2D eigenvalue weighted by Crippen LogP contribution is -2.32. The summed E-state index contributed by atoms with van der Waals surface area (Å²) in [4.78, 5) is 25.8. The summed E-state index contributed by atoms with van der Waals surface area (Å²) < 4.78 is 11.0. The van der Waals surface area contributed by atoms with Crippen molar-refractivity contribution in [1.82, 2.24) is 4.90 Å². The summed E-state index contributed by atoms with van der Waals surface area (Å²) >= 11 is 0. The van der Waals surface area contributed by atoms with Crippen LogP contribution in [0.2, 0.25) is 0 Å². The van der Waals surface area contributed by atoms with Gasteiger partial charge in [-0.15, -0.1) is 0 Å². The molecule has 0 saturated heterocycles. The maximum Gasteiger partial charge on any atom is 0.224 e. The van der Waals surface area contributed by atoms with Crippen molar-refractivity contribution in [3.63, 3.8) is 0 Å². The van der Waals surface area contributed by atoms with Gasteiger partial charge in [0.1, 0.15) is 5.75 Å². The van der Waals surface area contributed by atoms with E-state index in [0.717, 1.165) is 29.0 Å². The number of anilines is 1. The van der Waals surface area contributed by atoms with Gasteiger partial charge in [-0.3, -0.25) is 9.59 Å². The minimum absolute atomic E-state index is 0.0420. The summed E-state index contributed by atoms with van der Waals surface area (Å²) in [6.45, 7) is 3.87. The van der Waals surface area contributed by atoms with Gasteiger partial charge < -0.3 is 19.4 Å². The number of nitrogens with one attached hydrogen (secondary N) is 1. The van der Waals surface area contributed by atoms with E-state index in [1.165, 1.54) is 0 Å². The molecule has 1 N–H and O–H groups in total. The molecule has 0 radical (unpaired) electrons. The van der Waals surface area contributed by atoms with Gasteiger partial charge in [0.25, 0.3) is 0 Å². The second-order valence-corrected chi connectivity index (χ2v) is 6.64. The second-order valence-electron chi connectivity index (χ2n) is 6.64. The third-order valence-electron chi connectivity index (χ3n) is 4.79. The van der Waals surface area contributed by atoms with Crippen molar-refractivity contribution >= 4 is 17.5 Å². The minimum atomic E-state index is 0.0420. The third-order valence-corrected chi connectivity index (χ3v) is 4.79. The van der Waals surface area contributed by atoms with Crippen molar-refractivity contribution in [2.75, 3.05) is 25.0 Å². The molecule has 1 aromatic carbocycles. The summed E-state index contributed by atoms with van der Waals surface area (Å²) in [6, 6.07) is 7.61. The standard InChI is InChI=1S/C21H26N2O4/c1-2-23(12-10-16-11-14-26-15-16)21(25)7-4-13-27-19-6-3-5-18-17(19)8-9-20(24)22-18/h3,5-6,11,14-15H,2,4,7-10,12-13H2,1H3,(H,22,24). The topological polar surface area (TPSA) is 71.8 Å². The SMILES string of the molecule is CCN(CCc1ccoc1)C(=O)CCCOc1cccc2c1CCC(=O)N2. The van der Waals surface area contributed by atoms with E-state index in [0.29, 0.717) is 45.4 Å². The summed E-state index contributed by atoms with van der Waals surface area (Å²) in [5, 5.41) is 2.87. The molecule has 2 amide bonds. The van der Waals surface area contributed by atoms with Gasteiger partial charge in [-0.2, -0.15) is 0 Å². The molecule has 2 heterocycles. The first kappa shape index (κ1) is 19.0. The molecular formula is C21H26N2O4. The zero-order valence-electron chi connectivity index (χ0n) is 15.7. The molecule has 6 heteroatoms. The zero-order chi connectivity index (χ0) is 19.1. The van der Waals surface area contributed by atoms with E-state index in [1.54, 1.807) is 12.5 Å². The van der Waals surface area contributed by atoms with E-state index in [4.69, 9.17) is 9.15 Å². The maximum absolute atomic E-state index is 12.4. The number of fused-ring (bicyclic) bond motifs is 1. The lowest BCUT2D eigenvalue weighted by atomic mass is 10.0. The quantitative estimate of drug-likeness (QED) is 0.687. The number of rotatable bonds is 9. The smallest absolute Gasteiger partial charge is 0.224 e. The predicted octanol–water partition coefficient (Wildman–Crippen LogP) is 3.41. The first-order chi connectivity index (χ1) is 13.2. The molecule has 1 aliphatic heterocycles. The van der Waals surface area contributed by atoms with Crippen molar-refractivity contribution < 1.29 is 18.7 Å². The van der Waals surface area contributed by atoms with Crippen LogP contribution in [-0.2, 0) is 22.4 Å². The first-order valence-corrected chi connectivity index (χ1v) is 9.50. The minimum Gasteiger partial charge on any atom is -0.493 e. The van der Waals surface area contributed by atoms with E-state index < -0.39 is 0 Å². The van der Waals surface area contributed by atoms with E-state index in [2.05, 4.69) is 5.32 Å². The lowest BCUT2D eigenvalue weighted by molar-refractivity contribution is -0.131. The van der Waals surface area contributed by atoms with Gasteiger partial charge in [-0.25, -0.2) is 0 Å². The number of nitrogens with zero attached hydrogens (tertiary/aromatic N) is 1. The molecule has 1 aliphatic rings. The molecule has 27 heavy (non-hydrogen) atoms. The number of benzene rings is 1. The Morgan fingerprint density at radius 2 is 2.19 bits per heavy atom. The van der Waals surface area contributed by atoms with Crippen molar-refractivity contribution in [3.05, 3.63) is 47.9 Å². The molecule has 0 atom stereocenters. The predicted molar refractivity (Wildman–Crippen MR) is 103 cm³/mol. The van der Waals surface area contributed by atoms with Gasteiger partial charge in [-0.05, 0) is 49.9 Å². The highest BCUT2D eigenvalue weighted by molar-refractivity contribution is 5.94. The van der Waals surface area contributed by atoms with Crippen LogP contribution in [0.5, 0.6) is 5.75 Å². The van der Waals surface area contributed by atoms with E-state index in [-0.39, 0.29) is 11.8 Å². The van der Waals surface area contributed by atoms with E-state index >= 15 is 0 Å². The van der Waals surface area contributed by atoms with Crippen molar-refractivity contribution in [3.8, 4) is 5.75 Å². The van der Waals surface area contributed by atoms with Gasteiger partial charge in [-0.1, -0.05) is 6.07 Å². The first-order valence-electron chi connectivity index (χ1n) is 9.50. The number of furan rings is 1. The molecule has 0 fully saturated rings. The van der Waals surface area contributed by atoms with Crippen molar-refractivity contribution in [1.29, 1.82) is 0 Å². The number of amides is 2.